The van der Waals surface area contributed by atoms with E-state index in [1.54, 1.807) is 0 Å². The van der Waals surface area contributed by atoms with E-state index in [1.807, 2.05) is 0 Å². The molecule has 0 aromatic heterocycles. The Morgan fingerprint density at radius 2 is 1.67 bits per heavy atom. The minimum atomic E-state index is -3.91. The molecule has 118 valence electrons. The first kappa shape index (κ1) is 18.5. The summed E-state index contributed by atoms with van der Waals surface area (Å²) in [5, 5.41) is -0.401. The van der Waals surface area contributed by atoms with Crippen LogP contribution in [0.4, 0.5) is 4.39 Å². The Hall–Kier alpha value is -0.560. The number of amides is 1. The van der Waals surface area contributed by atoms with Gasteiger partial charge in [-0.3, -0.25) is 4.79 Å². The lowest BCUT2D eigenvalue weighted by atomic mass is 10.2. The topological polar surface area (TPSA) is 63.2 Å². The van der Waals surface area contributed by atoms with Gasteiger partial charge in [0.2, 0.25) is 3.79 Å². The smallest absolute Gasteiger partial charge is 0.252 e. The number of rotatable bonds is 4. The zero-order chi connectivity index (χ0) is 16.4. The van der Waals surface area contributed by atoms with Crippen LogP contribution >= 0.6 is 34.8 Å². The zero-order valence-electron chi connectivity index (χ0n) is 11.1. The Bertz CT molecular complexity index is 612. The van der Waals surface area contributed by atoms with E-state index >= 15 is 0 Å². The molecule has 1 atom stereocenters. The minimum absolute atomic E-state index is 0.0506. The highest BCUT2D eigenvalue weighted by Crippen LogP contribution is 2.34. The molecule has 4 nitrogen and oxygen atoms in total. The average Bonchev–Trinajstić information content (AvgIpc) is 2.34. The number of nitrogens with one attached hydrogen (secondary N) is 1. The molecule has 0 fully saturated rings. The van der Waals surface area contributed by atoms with Gasteiger partial charge in [0.05, 0.1) is 5.25 Å². The Morgan fingerprint density at radius 3 is 2.05 bits per heavy atom. The first-order valence-corrected chi connectivity index (χ1v) is 8.56. The van der Waals surface area contributed by atoms with Crippen LogP contribution in [0, 0.1) is 5.82 Å². The molecule has 0 saturated heterocycles. The molecule has 0 aliphatic heterocycles. The Kier molecular flexibility index (Phi) is 5.89. The van der Waals surface area contributed by atoms with E-state index < -0.39 is 36.0 Å². The van der Waals surface area contributed by atoms with Gasteiger partial charge in [-0.05, 0) is 38.1 Å². The van der Waals surface area contributed by atoms with Crippen molar-refractivity contribution in [1.82, 2.24) is 5.32 Å². The number of carbonyl (C=O) groups excluding carboxylic acids is 1. The van der Waals surface area contributed by atoms with E-state index in [-0.39, 0.29) is 5.56 Å². The summed E-state index contributed by atoms with van der Waals surface area (Å²) >= 11 is 17.0. The van der Waals surface area contributed by atoms with Crippen molar-refractivity contribution in [2.75, 3.05) is 0 Å². The highest BCUT2D eigenvalue weighted by Gasteiger charge is 2.45. The van der Waals surface area contributed by atoms with E-state index in [0.717, 1.165) is 12.1 Å². The van der Waals surface area contributed by atoms with Gasteiger partial charge in [-0.2, -0.15) is 0 Å². The molecule has 0 aliphatic rings. The fourth-order valence-electron chi connectivity index (χ4n) is 1.43. The summed E-state index contributed by atoms with van der Waals surface area (Å²) in [6.07, 6.45) is 0. The van der Waals surface area contributed by atoms with E-state index in [1.165, 1.54) is 26.0 Å². The third-order valence-corrected chi connectivity index (χ3v) is 6.14. The van der Waals surface area contributed by atoms with Crippen LogP contribution in [0.3, 0.4) is 0 Å². The lowest BCUT2D eigenvalue weighted by molar-refractivity contribution is 0.0948. The second-order valence-corrected chi connectivity index (χ2v) is 9.50. The standard InChI is InChI=1S/C12H13Cl3FNO3S/c1-7(2)21(19,20)11(12(13,14)15)17-10(18)8-3-5-9(16)6-4-8/h3-7,11H,1-2H3,(H,17,18). The monoisotopic (exact) mass is 375 g/mol. The predicted octanol–water partition coefficient (Wildman–Crippen LogP) is 3.08. The highest BCUT2D eigenvalue weighted by molar-refractivity contribution is 7.92. The molecule has 0 radical (unpaired) electrons. The Morgan fingerprint density at radius 1 is 1.19 bits per heavy atom. The summed E-state index contributed by atoms with van der Waals surface area (Å²) in [5.41, 5.74) is 0.0506. The summed E-state index contributed by atoms with van der Waals surface area (Å²) in [4.78, 5) is 12.0. The molecule has 0 bridgehead atoms. The molecular weight excluding hydrogens is 364 g/mol. The molecule has 9 heteroatoms. The van der Waals surface area contributed by atoms with Crippen molar-refractivity contribution < 1.29 is 17.6 Å². The third-order valence-electron chi connectivity index (χ3n) is 2.65. The van der Waals surface area contributed by atoms with Crippen LogP contribution in [0.2, 0.25) is 0 Å². The van der Waals surface area contributed by atoms with Gasteiger partial charge < -0.3 is 5.32 Å². The molecule has 21 heavy (non-hydrogen) atoms. The van der Waals surface area contributed by atoms with Crippen molar-refractivity contribution >= 4 is 50.5 Å². The number of hydrogen-bond donors (Lipinski definition) is 1. The van der Waals surface area contributed by atoms with Crippen LogP contribution in [0.5, 0.6) is 0 Å². The van der Waals surface area contributed by atoms with Gasteiger partial charge in [0.25, 0.3) is 5.91 Å². The number of alkyl halides is 3. The molecule has 0 aliphatic carbocycles. The number of hydrogen-bond acceptors (Lipinski definition) is 3. The number of benzene rings is 1. The molecule has 1 rings (SSSR count). The number of carbonyl (C=O) groups is 1. The molecule has 1 aromatic carbocycles. The fraction of sp³-hybridized carbons (Fsp3) is 0.417. The summed E-state index contributed by atoms with van der Waals surface area (Å²) in [6.45, 7) is 2.81. The maximum absolute atomic E-state index is 12.8. The first-order chi connectivity index (χ1) is 9.46. The molecule has 1 unspecified atom stereocenters. The van der Waals surface area contributed by atoms with E-state index in [4.69, 9.17) is 34.8 Å². The lowest BCUT2D eigenvalue weighted by Crippen LogP contribution is -2.51. The van der Waals surface area contributed by atoms with Crippen LogP contribution in [-0.2, 0) is 9.84 Å². The van der Waals surface area contributed by atoms with Crippen molar-refractivity contribution in [1.29, 1.82) is 0 Å². The minimum Gasteiger partial charge on any atom is -0.332 e. The molecule has 0 spiro atoms. The molecule has 0 saturated carbocycles. The van der Waals surface area contributed by atoms with Gasteiger partial charge in [0.1, 0.15) is 5.82 Å². The summed E-state index contributed by atoms with van der Waals surface area (Å²) < 4.78 is 34.9. The second kappa shape index (κ2) is 6.69. The average molecular weight is 377 g/mol. The number of halogens is 4. The summed E-state index contributed by atoms with van der Waals surface area (Å²) in [6, 6.07) is 4.52. The quantitative estimate of drug-likeness (QED) is 0.821. The normalized spacial score (nSPS) is 14.0. The van der Waals surface area contributed by atoms with Crippen molar-refractivity contribution in [2.24, 2.45) is 0 Å². The van der Waals surface area contributed by atoms with Gasteiger partial charge in [-0.1, -0.05) is 34.8 Å². The predicted molar refractivity (Wildman–Crippen MR) is 82.0 cm³/mol. The largest absolute Gasteiger partial charge is 0.332 e. The summed E-state index contributed by atoms with van der Waals surface area (Å²) in [7, 11) is -3.91. The van der Waals surface area contributed by atoms with Gasteiger partial charge in [-0.15, -0.1) is 0 Å². The van der Waals surface area contributed by atoms with E-state index in [0.29, 0.717) is 0 Å². The van der Waals surface area contributed by atoms with Crippen LogP contribution < -0.4 is 5.32 Å². The third kappa shape index (κ3) is 4.71. The van der Waals surface area contributed by atoms with Crippen LogP contribution in [-0.4, -0.2) is 28.7 Å². The highest BCUT2D eigenvalue weighted by atomic mass is 35.6. The van der Waals surface area contributed by atoms with Crippen molar-refractivity contribution in [2.45, 2.75) is 28.3 Å². The maximum Gasteiger partial charge on any atom is 0.252 e. The van der Waals surface area contributed by atoms with Crippen molar-refractivity contribution in [3.63, 3.8) is 0 Å². The van der Waals surface area contributed by atoms with Crippen LogP contribution in [0.15, 0.2) is 24.3 Å². The van der Waals surface area contributed by atoms with Gasteiger partial charge in [-0.25, -0.2) is 12.8 Å². The van der Waals surface area contributed by atoms with Gasteiger partial charge >= 0.3 is 0 Å². The second-order valence-electron chi connectivity index (χ2n) is 4.54. The summed E-state index contributed by atoms with van der Waals surface area (Å²) in [5.74, 6) is -1.31. The van der Waals surface area contributed by atoms with E-state index in [9.17, 15) is 17.6 Å². The van der Waals surface area contributed by atoms with Crippen LogP contribution in [0.1, 0.15) is 24.2 Å². The maximum atomic E-state index is 12.8. The molecule has 1 amide bonds. The Labute approximate surface area is 137 Å². The number of sulfone groups is 1. The fourth-order valence-corrected chi connectivity index (χ4v) is 3.90. The van der Waals surface area contributed by atoms with E-state index in [2.05, 4.69) is 5.32 Å². The van der Waals surface area contributed by atoms with Crippen LogP contribution in [0.25, 0.3) is 0 Å². The van der Waals surface area contributed by atoms with Gasteiger partial charge in [0.15, 0.2) is 15.2 Å². The molecular formula is C12H13Cl3FNO3S. The Balaban J connectivity index is 3.09. The van der Waals surface area contributed by atoms with Crippen molar-refractivity contribution in [3.05, 3.63) is 35.6 Å². The van der Waals surface area contributed by atoms with Gasteiger partial charge in [0, 0.05) is 5.56 Å². The zero-order valence-corrected chi connectivity index (χ0v) is 14.2. The molecule has 1 aromatic rings. The first-order valence-electron chi connectivity index (χ1n) is 5.82. The van der Waals surface area contributed by atoms with Crippen molar-refractivity contribution in [3.8, 4) is 0 Å². The molecule has 0 heterocycles. The lowest BCUT2D eigenvalue weighted by Gasteiger charge is -2.27. The molecule has 1 N–H and O–H groups in total. The SMILES string of the molecule is CC(C)S(=O)(=O)C(NC(=O)c1ccc(F)cc1)C(Cl)(Cl)Cl.